The fourth-order valence-corrected chi connectivity index (χ4v) is 6.41. The van der Waals surface area contributed by atoms with Crippen molar-refractivity contribution in [3.8, 4) is 16.9 Å². The minimum atomic E-state index is -1.35. The summed E-state index contributed by atoms with van der Waals surface area (Å²) in [5, 5.41) is 15.7. The Balaban J connectivity index is 0.00000245. The zero-order chi connectivity index (χ0) is 21.7. The van der Waals surface area contributed by atoms with E-state index in [1.165, 1.54) is 4.70 Å². The van der Waals surface area contributed by atoms with Gasteiger partial charge in [-0.3, -0.25) is 0 Å². The minimum Gasteiger partial charge on any atom is -0.546 e. The number of carbonyl (C=O) groups excluding carboxylic acids is 1. The molecule has 4 aromatic carbocycles. The van der Waals surface area contributed by atoms with E-state index >= 15 is 0 Å². The summed E-state index contributed by atoms with van der Waals surface area (Å²) in [7, 11) is 0. The fourth-order valence-electron chi connectivity index (χ4n) is 3.87. The molecule has 1 aromatic heterocycles. The molecule has 0 amide bonds. The Morgan fingerprint density at radius 1 is 0.969 bits per heavy atom. The molecule has 0 bridgehead atoms. The van der Waals surface area contributed by atoms with Crippen LogP contribution in [0.25, 0.3) is 42.1 Å². The smallest absolute Gasteiger partial charge is 0.546 e. The van der Waals surface area contributed by atoms with Crippen LogP contribution in [0.5, 0.6) is 5.75 Å². The molecule has 0 aliphatic heterocycles. The fraction of sp³-hybridized carbons (Fsp3) is 0.0417. The molecule has 3 nitrogen and oxygen atoms in total. The predicted molar refractivity (Wildman–Crippen MR) is 130 cm³/mol. The maximum absolute atomic E-state index is 10.8. The molecule has 0 N–H and O–H groups in total. The number of carboxylic acids is 1. The molecule has 0 unspecified atom stereocenters. The van der Waals surface area contributed by atoms with Crippen molar-refractivity contribution in [1.29, 1.82) is 0 Å². The van der Waals surface area contributed by atoms with E-state index in [0.29, 0.717) is 0 Å². The van der Waals surface area contributed by atoms with Gasteiger partial charge in [0.2, 0.25) is 0 Å². The van der Waals surface area contributed by atoms with Gasteiger partial charge in [-0.05, 0) is 56.0 Å². The molecule has 8 heteroatoms. The molecule has 0 spiro atoms. The normalized spacial score (nSPS) is 11.1. The van der Waals surface area contributed by atoms with Gasteiger partial charge in [0.1, 0.15) is 6.61 Å². The molecule has 154 valence electrons. The quantitative estimate of drug-likeness (QED) is 0.315. The van der Waals surface area contributed by atoms with Crippen molar-refractivity contribution in [2.45, 2.75) is 0 Å². The largest absolute Gasteiger partial charge is 1.00 e. The first-order valence-corrected chi connectivity index (χ1v) is 11.7. The Labute approximate surface area is 228 Å². The zero-order valence-corrected chi connectivity index (χ0v) is 22.7. The van der Waals surface area contributed by atoms with Crippen LogP contribution in [0, 0.1) is 0 Å². The average molecular weight is 554 g/mol. The van der Waals surface area contributed by atoms with Gasteiger partial charge in [0.25, 0.3) is 0 Å². The Bertz CT molecular complexity index is 1490. The van der Waals surface area contributed by atoms with Crippen molar-refractivity contribution in [1.82, 2.24) is 0 Å². The van der Waals surface area contributed by atoms with Gasteiger partial charge in [-0.15, -0.1) is 11.3 Å². The van der Waals surface area contributed by atoms with Crippen molar-refractivity contribution in [3.05, 3.63) is 75.2 Å². The van der Waals surface area contributed by atoms with Gasteiger partial charge >= 0.3 is 29.6 Å². The Hall–Kier alpha value is -1.31. The number of aliphatic carboxylic acids is 1. The van der Waals surface area contributed by atoms with Gasteiger partial charge in [0.15, 0.2) is 5.75 Å². The van der Waals surface area contributed by atoms with E-state index in [1.54, 1.807) is 23.5 Å². The molecule has 0 atom stereocenters. The molecule has 0 saturated carbocycles. The number of carboxylic acid groups (broad SMARTS) is 1. The summed E-state index contributed by atoms with van der Waals surface area (Å²) < 4.78 is 8.61. The number of halogens is 3. The summed E-state index contributed by atoms with van der Waals surface area (Å²) in [6.45, 7) is -0.626. The monoisotopic (exact) mass is 552 g/mol. The Morgan fingerprint density at radius 2 is 1.56 bits per heavy atom. The van der Waals surface area contributed by atoms with Gasteiger partial charge in [0, 0.05) is 19.9 Å². The number of rotatable bonds is 4. The van der Waals surface area contributed by atoms with Crippen LogP contribution in [0.3, 0.4) is 0 Å². The molecule has 0 aliphatic rings. The number of hydrogen-bond acceptors (Lipinski definition) is 4. The molecule has 1 heterocycles. The van der Waals surface area contributed by atoms with Gasteiger partial charge in [-0.25, -0.2) is 0 Å². The summed E-state index contributed by atoms with van der Waals surface area (Å²) in [4.78, 5) is 10.8. The van der Waals surface area contributed by atoms with Crippen LogP contribution >= 0.6 is 50.5 Å². The van der Waals surface area contributed by atoms with E-state index in [4.69, 9.17) is 27.9 Å². The van der Waals surface area contributed by atoms with E-state index in [0.717, 1.165) is 41.8 Å². The SMILES string of the molecule is O=C([O-])COc1c(Cl)cc(-c2c3ccccc3c(Br)c3sc4ccccc4c23)cc1Cl.[Na+]. The van der Waals surface area contributed by atoms with Crippen LogP contribution in [0.2, 0.25) is 10.0 Å². The molecule has 0 fully saturated rings. The second-order valence-corrected chi connectivity index (χ2v) is 9.63. The second kappa shape index (κ2) is 9.51. The van der Waals surface area contributed by atoms with E-state index in [2.05, 4.69) is 40.2 Å². The van der Waals surface area contributed by atoms with E-state index in [9.17, 15) is 9.90 Å². The van der Waals surface area contributed by atoms with Crippen LogP contribution in [0.1, 0.15) is 0 Å². The molecule has 32 heavy (non-hydrogen) atoms. The van der Waals surface area contributed by atoms with Crippen molar-refractivity contribution in [2.24, 2.45) is 0 Å². The Kier molecular flexibility index (Phi) is 7.08. The van der Waals surface area contributed by atoms with Crippen LogP contribution < -0.4 is 39.4 Å². The number of thiophene rings is 1. The van der Waals surface area contributed by atoms with Crippen LogP contribution in [0.4, 0.5) is 0 Å². The maximum atomic E-state index is 10.8. The first kappa shape index (κ1) is 23.8. The van der Waals surface area contributed by atoms with Crippen LogP contribution in [0.15, 0.2) is 65.1 Å². The first-order chi connectivity index (χ1) is 15.0. The predicted octanol–water partition coefficient (Wildman–Crippen LogP) is 4.08. The van der Waals surface area contributed by atoms with Gasteiger partial charge in [-0.2, -0.15) is 0 Å². The number of carbonyl (C=O) groups is 1. The van der Waals surface area contributed by atoms with E-state index < -0.39 is 12.6 Å². The summed E-state index contributed by atoms with van der Waals surface area (Å²) >= 11 is 18.5. The molecular weight excluding hydrogens is 542 g/mol. The summed E-state index contributed by atoms with van der Waals surface area (Å²) in [5.74, 6) is -1.22. The van der Waals surface area contributed by atoms with E-state index in [-0.39, 0.29) is 45.4 Å². The number of fused-ring (bicyclic) bond motifs is 4. The van der Waals surface area contributed by atoms with Crippen LogP contribution in [-0.4, -0.2) is 12.6 Å². The van der Waals surface area contributed by atoms with Crippen LogP contribution in [-0.2, 0) is 4.79 Å². The first-order valence-electron chi connectivity index (χ1n) is 9.29. The van der Waals surface area contributed by atoms with Crippen molar-refractivity contribution in [2.75, 3.05) is 6.61 Å². The molecular formula is C24H12BrCl2NaO3S. The van der Waals surface area contributed by atoms with Gasteiger partial charge in [0.05, 0.1) is 20.7 Å². The van der Waals surface area contributed by atoms with Crippen molar-refractivity contribution < 1.29 is 44.2 Å². The standard InChI is InChI=1S/C24H13BrCl2O3S.Na/c25-22-14-6-2-1-5-13(14)20(21-15-7-3-4-8-18(15)31-24(21)22)12-9-16(26)23(17(27)10-12)30-11-19(28)29;/h1-10H,11H2,(H,28,29);/q;+1/p-1. The summed E-state index contributed by atoms with van der Waals surface area (Å²) in [6.07, 6.45) is 0. The maximum Gasteiger partial charge on any atom is 1.00 e. The molecule has 0 aliphatic carbocycles. The van der Waals surface area contributed by atoms with Gasteiger partial charge in [-0.1, -0.05) is 65.7 Å². The topological polar surface area (TPSA) is 49.4 Å². The molecule has 0 saturated heterocycles. The molecule has 0 radical (unpaired) electrons. The van der Waals surface area contributed by atoms with Crippen molar-refractivity contribution >= 4 is 87.4 Å². The number of ether oxygens (including phenoxy) is 1. The molecule has 5 rings (SSSR count). The molecule has 5 aromatic rings. The number of benzene rings is 4. The van der Waals surface area contributed by atoms with Gasteiger partial charge < -0.3 is 14.6 Å². The third kappa shape index (κ3) is 4.05. The minimum absolute atomic E-state index is 0. The number of hydrogen-bond donors (Lipinski definition) is 0. The summed E-state index contributed by atoms with van der Waals surface area (Å²) in [6, 6.07) is 20.0. The Morgan fingerprint density at radius 3 is 2.22 bits per heavy atom. The summed E-state index contributed by atoms with van der Waals surface area (Å²) in [5.41, 5.74) is 1.84. The van der Waals surface area contributed by atoms with E-state index in [1.807, 2.05) is 24.3 Å². The second-order valence-electron chi connectivity index (χ2n) is 6.97. The average Bonchev–Trinajstić information content (AvgIpc) is 3.13. The zero-order valence-electron chi connectivity index (χ0n) is 16.7. The van der Waals surface area contributed by atoms with Crippen molar-refractivity contribution in [3.63, 3.8) is 0 Å². The third-order valence-electron chi connectivity index (χ3n) is 5.10. The third-order valence-corrected chi connectivity index (χ3v) is 7.93.